The summed E-state index contributed by atoms with van der Waals surface area (Å²) in [5.41, 5.74) is 8.67. The molecule has 5 N–H and O–H groups in total. The minimum atomic E-state index is -0.705. The summed E-state index contributed by atoms with van der Waals surface area (Å²) in [6.45, 7) is 2.27. The minimum Gasteiger partial charge on any atom is -0.494 e. The number of nitrogens with two attached hydrogens (primary N) is 1. The Bertz CT molecular complexity index is 1240. The minimum absolute atomic E-state index is 0.0333. The Labute approximate surface area is 190 Å². The second-order valence-electron chi connectivity index (χ2n) is 7.22. The van der Waals surface area contributed by atoms with Crippen molar-refractivity contribution in [1.82, 2.24) is 9.97 Å². The fraction of sp³-hybridized carbons (Fsp3) is 0.167. The summed E-state index contributed by atoms with van der Waals surface area (Å²) >= 11 is 0. The zero-order valence-electron chi connectivity index (χ0n) is 18.2. The average Bonchev–Trinajstić information content (AvgIpc) is 3.51. The van der Waals surface area contributed by atoms with E-state index in [-0.39, 0.29) is 11.6 Å². The molecule has 0 aliphatic rings. The number of furan rings is 1. The number of halogens is 1. The molecule has 4 aromatic rings. The van der Waals surface area contributed by atoms with Crippen LogP contribution in [0.3, 0.4) is 0 Å². The van der Waals surface area contributed by atoms with Crippen molar-refractivity contribution in [2.45, 2.75) is 13.0 Å². The number of rotatable bonds is 9. The Morgan fingerprint density at radius 1 is 1.27 bits per heavy atom. The number of hydrogen-bond donors (Lipinski definition) is 4. The van der Waals surface area contributed by atoms with E-state index < -0.39 is 11.9 Å². The van der Waals surface area contributed by atoms with Crippen molar-refractivity contribution in [2.24, 2.45) is 5.73 Å². The van der Waals surface area contributed by atoms with Crippen LogP contribution in [-0.4, -0.2) is 29.5 Å². The Morgan fingerprint density at radius 2 is 2.06 bits per heavy atom. The lowest BCUT2D eigenvalue weighted by molar-refractivity contribution is 0.331. The highest BCUT2D eigenvalue weighted by molar-refractivity contribution is 5.95. The average molecular weight is 449 g/mol. The first kappa shape index (κ1) is 21.9. The van der Waals surface area contributed by atoms with Crippen molar-refractivity contribution in [3.63, 3.8) is 0 Å². The highest BCUT2D eigenvalue weighted by Crippen LogP contribution is 2.35. The molecule has 0 saturated heterocycles. The van der Waals surface area contributed by atoms with E-state index in [1.54, 1.807) is 55.1 Å². The summed E-state index contributed by atoms with van der Waals surface area (Å²) in [6.07, 6.45) is 4.83. The molecule has 4 rings (SSSR count). The van der Waals surface area contributed by atoms with Crippen molar-refractivity contribution < 1.29 is 18.3 Å². The number of anilines is 1. The molecule has 2 aromatic heterocycles. The molecule has 8 nitrogen and oxygen atoms in total. The molecule has 1 atom stereocenters. The zero-order chi connectivity index (χ0) is 23.4. The van der Waals surface area contributed by atoms with Gasteiger partial charge in [-0.05, 0) is 43.3 Å². The third-order valence-electron chi connectivity index (χ3n) is 5.09. The van der Waals surface area contributed by atoms with Crippen LogP contribution in [0.1, 0.15) is 29.9 Å². The molecule has 0 saturated carbocycles. The maximum atomic E-state index is 15.5. The molecule has 0 bridgehead atoms. The third kappa shape index (κ3) is 4.67. The van der Waals surface area contributed by atoms with E-state index in [4.69, 9.17) is 25.0 Å². The van der Waals surface area contributed by atoms with Crippen LogP contribution in [0.5, 0.6) is 11.5 Å². The fourth-order valence-corrected chi connectivity index (χ4v) is 3.46. The summed E-state index contributed by atoms with van der Waals surface area (Å²) in [5, 5.41) is 10.9. The van der Waals surface area contributed by atoms with Gasteiger partial charge in [0.2, 0.25) is 0 Å². The van der Waals surface area contributed by atoms with Crippen LogP contribution in [0.15, 0.2) is 65.6 Å². The number of methoxy groups -OCH3 is 1. The lowest BCUT2D eigenvalue weighted by atomic mass is 10.0. The molecule has 0 fully saturated rings. The first-order chi connectivity index (χ1) is 16.0. The fourth-order valence-electron chi connectivity index (χ4n) is 3.46. The van der Waals surface area contributed by atoms with Crippen molar-refractivity contribution in [1.29, 1.82) is 5.41 Å². The number of aromatic amines is 1. The van der Waals surface area contributed by atoms with Gasteiger partial charge in [-0.3, -0.25) is 5.41 Å². The highest BCUT2D eigenvalue weighted by atomic mass is 19.1. The first-order valence-electron chi connectivity index (χ1n) is 10.3. The van der Waals surface area contributed by atoms with E-state index in [1.165, 1.54) is 13.2 Å². The van der Waals surface area contributed by atoms with Gasteiger partial charge in [0.15, 0.2) is 11.6 Å². The molecular formula is C24H24FN5O3. The number of nitrogens with zero attached hydrogens (tertiary/aromatic N) is 1. The van der Waals surface area contributed by atoms with Crippen molar-refractivity contribution in [3.05, 3.63) is 84.0 Å². The van der Waals surface area contributed by atoms with Gasteiger partial charge in [-0.1, -0.05) is 0 Å². The van der Waals surface area contributed by atoms with Gasteiger partial charge in [-0.2, -0.15) is 0 Å². The molecule has 2 aromatic carbocycles. The third-order valence-corrected chi connectivity index (χ3v) is 5.09. The Morgan fingerprint density at radius 3 is 2.70 bits per heavy atom. The highest BCUT2D eigenvalue weighted by Gasteiger charge is 2.25. The second kappa shape index (κ2) is 9.47. The number of aromatic nitrogens is 2. The SMILES string of the molecule is CCOc1cc(OC)c(F)c(C(Nc2ccc(C(=N)N)cc2)c2ncc(-c3ccoc3)[nH]2)c1. The smallest absolute Gasteiger partial charge is 0.171 e. The summed E-state index contributed by atoms with van der Waals surface area (Å²) in [6, 6.07) is 11.2. The predicted molar refractivity (Wildman–Crippen MR) is 123 cm³/mol. The van der Waals surface area contributed by atoms with Crippen molar-refractivity contribution in [3.8, 4) is 22.8 Å². The van der Waals surface area contributed by atoms with Crippen LogP contribution in [0.4, 0.5) is 10.1 Å². The molecule has 33 heavy (non-hydrogen) atoms. The van der Waals surface area contributed by atoms with Crippen LogP contribution >= 0.6 is 0 Å². The van der Waals surface area contributed by atoms with Gasteiger partial charge < -0.3 is 29.9 Å². The van der Waals surface area contributed by atoms with E-state index in [1.807, 2.05) is 6.92 Å². The van der Waals surface area contributed by atoms with Gasteiger partial charge in [0.25, 0.3) is 0 Å². The number of benzene rings is 2. The molecule has 170 valence electrons. The quantitative estimate of drug-likeness (QED) is 0.217. The Balaban J connectivity index is 1.79. The first-order valence-corrected chi connectivity index (χ1v) is 10.3. The molecular weight excluding hydrogens is 425 g/mol. The number of nitrogens with one attached hydrogen (secondary N) is 3. The van der Waals surface area contributed by atoms with E-state index in [0.717, 1.165) is 11.3 Å². The van der Waals surface area contributed by atoms with E-state index in [2.05, 4.69) is 15.3 Å². The Kier molecular flexibility index (Phi) is 6.30. The normalized spacial score (nSPS) is 11.7. The maximum absolute atomic E-state index is 15.5. The van der Waals surface area contributed by atoms with Gasteiger partial charge in [0.1, 0.15) is 23.5 Å². The number of imidazole rings is 1. The predicted octanol–water partition coefficient (Wildman–Crippen LogP) is 4.70. The van der Waals surface area contributed by atoms with Crippen LogP contribution in [-0.2, 0) is 0 Å². The zero-order valence-corrected chi connectivity index (χ0v) is 18.2. The topological polar surface area (TPSA) is 122 Å². The lowest BCUT2D eigenvalue weighted by Gasteiger charge is -2.21. The number of H-pyrrole nitrogens is 1. The molecule has 0 aliphatic carbocycles. The summed E-state index contributed by atoms with van der Waals surface area (Å²) in [4.78, 5) is 7.75. The standard InChI is InChI=1S/C24H24FN5O3/c1-3-33-17-10-18(21(25)20(11-17)31-2)22(29-16-6-4-14(5-7-16)23(26)27)24-28-12-19(30-24)15-8-9-32-13-15/h4-13,22,29H,3H2,1-2H3,(H3,26,27)(H,28,30). The Hall–Kier alpha value is -4.27. The van der Waals surface area contributed by atoms with Crippen LogP contribution in [0, 0.1) is 11.2 Å². The van der Waals surface area contributed by atoms with E-state index >= 15 is 4.39 Å². The van der Waals surface area contributed by atoms with Crippen molar-refractivity contribution in [2.75, 3.05) is 19.0 Å². The second-order valence-corrected chi connectivity index (χ2v) is 7.22. The summed E-state index contributed by atoms with van der Waals surface area (Å²) in [5.74, 6) is 0.466. The van der Waals surface area contributed by atoms with Crippen molar-refractivity contribution >= 4 is 11.5 Å². The van der Waals surface area contributed by atoms with Gasteiger partial charge in [0.05, 0.1) is 38.1 Å². The molecule has 0 amide bonds. The number of hydrogen-bond acceptors (Lipinski definition) is 6. The molecule has 0 aliphatic heterocycles. The molecule has 0 spiro atoms. The number of amidine groups is 1. The van der Waals surface area contributed by atoms with E-state index in [9.17, 15) is 0 Å². The lowest BCUT2D eigenvalue weighted by Crippen LogP contribution is -2.17. The van der Waals surface area contributed by atoms with Gasteiger partial charge in [-0.25, -0.2) is 9.37 Å². The maximum Gasteiger partial charge on any atom is 0.171 e. The van der Waals surface area contributed by atoms with Gasteiger partial charge in [0, 0.05) is 28.4 Å². The molecule has 1 unspecified atom stereocenters. The largest absolute Gasteiger partial charge is 0.494 e. The van der Waals surface area contributed by atoms with Crippen LogP contribution < -0.4 is 20.5 Å². The van der Waals surface area contributed by atoms with E-state index in [0.29, 0.717) is 35.0 Å². The van der Waals surface area contributed by atoms with Crippen LogP contribution in [0.25, 0.3) is 11.3 Å². The van der Waals surface area contributed by atoms with Gasteiger partial charge >= 0.3 is 0 Å². The van der Waals surface area contributed by atoms with Crippen LogP contribution in [0.2, 0.25) is 0 Å². The summed E-state index contributed by atoms with van der Waals surface area (Å²) in [7, 11) is 1.41. The molecule has 0 radical (unpaired) electrons. The number of nitrogen functional groups attached to an aromatic ring is 1. The number of ether oxygens (including phenoxy) is 2. The molecule has 9 heteroatoms. The monoisotopic (exact) mass is 449 g/mol. The van der Waals surface area contributed by atoms with Gasteiger partial charge in [-0.15, -0.1) is 0 Å². The summed E-state index contributed by atoms with van der Waals surface area (Å²) < 4.78 is 31.5. The molecule has 2 heterocycles.